The van der Waals surface area contributed by atoms with Crippen molar-refractivity contribution in [1.29, 1.82) is 0 Å². The molecule has 1 saturated carbocycles. The predicted molar refractivity (Wildman–Crippen MR) is 160 cm³/mol. The van der Waals surface area contributed by atoms with Crippen molar-refractivity contribution in [2.45, 2.75) is 44.2 Å². The second-order valence-electron chi connectivity index (χ2n) is 11.5. The third-order valence-corrected chi connectivity index (χ3v) is 8.99. The van der Waals surface area contributed by atoms with E-state index in [2.05, 4.69) is 29.4 Å². The largest absolute Gasteiger partial charge is 0.395 e. The standard InChI is InChI=1S/C31H36FN9O/c32-24-4-2-1-3-20(24)18-27-36-25-10-5-21(17-26(25)37-27)29-28-30(33)34-19-35-31(28)41(38-29)23-8-6-22(7-9-23)40-13-11-39(12-14-40)15-16-42/h1-5,10,17,19,22-23,42H,6-9,11-16,18H2,(H,36,37)(H2,33,34,35)/t22-,23+. The molecule has 5 aromatic rings. The highest BCUT2D eigenvalue weighted by atomic mass is 19.1. The summed E-state index contributed by atoms with van der Waals surface area (Å²) in [5.74, 6) is 0.885. The van der Waals surface area contributed by atoms with Gasteiger partial charge in [0.2, 0.25) is 0 Å². The molecule has 218 valence electrons. The van der Waals surface area contributed by atoms with E-state index in [9.17, 15) is 9.50 Å². The van der Waals surface area contributed by atoms with Gasteiger partial charge < -0.3 is 15.8 Å². The number of nitrogens with two attached hydrogens (primary N) is 1. The summed E-state index contributed by atoms with van der Waals surface area (Å²) in [7, 11) is 0. The second-order valence-corrected chi connectivity index (χ2v) is 11.5. The minimum absolute atomic E-state index is 0.227. The van der Waals surface area contributed by atoms with Crippen molar-refractivity contribution in [2.75, 3.05) is 45.1 Å². The van der Waals surface area contributed by atoms with Gasteiger partial charge in [-0.3, -0.25) is 9.80 Å². The Balaban J connectivity index is 1.13. The fourth-order valence-corrected chi connectivity index (χ4v) is 6.73. The number of halogens is 1. The van der Waals surface area contributed by atoms with Gasteiger partial charge in [0.05, 0.1) is 29.1 Å². The fourth-order valence-electron chi connectivity index (χ4n) is 6.73. The monoisotopic (exact) mass is 569 g/mol. The zero-order chi connectivity index (χ0) is 28.6. The predicted octanol–water partition coefficient (Wildman–Crippen LogP) is 3.78. The molecular formula is C31H36FN9O. The van der Waals surface area contributed by atoms with Crippen LogP contribution in [0.25, 0.3) is 33.3 Å². The van der Waals surface area contributed by atoms with Crippen molar-refractivity contribution in [3.8, 4) is 11.3 Å². The zero-order valence-corrected chi connectivity index (χ0v) is 23.6. The van der Waals surface area contributed by atoms with E-state index < -0.39 is 0 Å². The summed E-state index contributed by atoms with van der Waals surface area (Å²) < 4.78 is 16.3. The molecule has 2 fully saturated rings. The van der Waals surface area contributed by atoms with Crippen LogP contribution in [0.3, 0.4) is 0 Å². The summed E-state index contributed by atoms with van der Waals surface area (Å²) in [4.78, 5) is 22.0. The first-order valence-corrected chi connectivity index (χ1v) is 14.9. The lowest BCUT2D eigenvalue weighted by Crippen LogP contribution is -2.51. The van der Waals surface area contributed by atoms with Gasteiger partial charge in [0.15, 0.2) is 5.65 Å². The maximum Gasteiger partial charge on any atom is 0.164 e. The Morgan fingerprint density at radius 3 is 2.55 bits per heavy atom. The number of rotatable bonds is 7. The normalized spacial score (nSPS) is 20.5. The van der Waals surface area contributed by atoms with Crippen LogP contribution in [0.15, 0.2) is 48.8 Å². The van der Waals surface area contributed by atoms with Crippen LogP contribution in [-0.2, 0) is 6.42 Å². The number of β-amino-alcohol motifs (C(OH)–C–C–N with tert-alkyl or cyclic N) is 1. The summed E-state index contributed by atoms with van der Waals surface area (Å²) in [5.41, 5.74) is 11.1. The minimum atomic E-state index is -0.235. The third kappa shape index (κ3) is 5.12. The molecule has 0 unspecified atom stereocenters. The molecule has 4 heterocycles. The highest BCUT2D eigenvalue weighted by Gasteiger charge is 2.31. The number of aliphatic hydroxyl groups excluding tert-OH is 1. The van der Waals surface area contributed by atoms with Gasteiger partial charge in [-0.05, 0) is 49.4 Å². The van der Waals surface area contributed by atoms with E-state index in [0.29, 0.717) is 29.7 Å². The smallest absolute Gasteiger partial charge is 0.164 e. The Morgan fingerprint density at radius 1 is 0.976 bits per heavy atom. The van der Waals surface area contributed by atoms with Crippen molar-refractivity contribution in [1.82, 2.24) is 39.5 Å². The van der Waals surface area contributed by atoms with E-state index >= 15 is 0 Å². The number of aromatic amines is 1. The van der Waals surface area contributed by atoms with Crippen LogP contribution in [0.1, 0.15) is 43.1 Å². The summed E-state index contributed by atoms with van der Waals surface area (Å²) in [6.07, 6.45) is 6.19. The first-order chi connectivity index (χ1) is 20.6. The number of nitrogens with one attached hydrogen (secondary N) is 1. The molecule has 2 aliphatic rings. The van der Waals surface area contributed by atoms with Crippen molar-refractivity contribution < 1.29 is 9.50 Å². The molecule has 0 bridgehead atoms. The summed E-state index contributed by atoms with van der Waals surface area (Å²) in [6.45, 7) is 5.16. The van der Waals surface area contributed by atoms with E-state index in [1.54, 1.807) is 12.1 Å². The Bertz CT molecular complexity index is 1700. The number of aliphatic hydroxyl groups is 1. The van der Waals surface area contributed by atoms with E-state index in [1.807, 2.05) is 24.3 Å². The number of aromatic nitrogens is 6. The van der Waals surface area contributed by atoms with Gasteiger partial charge in [-0.2, -0.15) is 5.10 Å². The number of H-pyrrole nitrogens is 1. The van der Waals surface area contributed by atoms with Gasteiger partial charge >= 0.3 is 0 Å². The van der Waals surface area contributed by atoms with Crippen LogP contribution in [0, 0.1) is 5.82 Å². The second kappa shape index (κ2) is 11.4. The Kier molecular flexibility index (Phi) is 7.31. The molecule has 11 heteroatoms. The summed E-state index contributed by atoms with van der Waals surface area (Å²) in [5, 5.41) is 15.1. The van der Waals surface area contributed by atoms with Gasteiger partial charge in [0.25, 0.3) is 0 Å². The van der Waals surface area contributed by atoms with Crippen LogP contribution < -0.4 is 5.73 Å². The summed E-state index contributed by atoms with van der Waals surface area (Å²) >= 11 is 0. The number of benzene rings is 2. The molecule has 1 aliphatic heterocycles. The van der Waals surface area contributed by atoms with E-state index in [1.165, 1.54) is 12.4 Å². The van der Waals surface area contributed by atoms with E-state index in [4.69, 9.17) is 15.8 Å². The van der Waals surface area contributed by atoms with Crippen molar-refractivity contribution >= 4 is 27.9 Å². The number of nitrogens with zero attached hydrogens (tertiary/aromatic N) is 7. The lowest BCUT2D eigenvalue weighted by molar-refractivity contribution is 0.0629. The molecule has 1 aliphatic carbocycles. The minimum Gasteiger partial charge on any atom is -0.395 e. The summed E-state index contributed by atoms with van der Waals surface area (Å²) in [6, 6.07) is 13.6. The molecule has 7 rings (SSSR count). The van der Waals surface area contributed by atoms with Gasteiger partial charge in [0.1, 0.15) is 29.5 Å². The molecule has 3 aromatic heterocycles. The molecule has 10 nitrogen and oxygen atoms in total. The van der Waals surface area contributed by atoms with Crippen molar-refractivity contribution in [2.24, 2.45) is 0 Å². The topological polar surface area (TPSA) is 125 Å². The van der Waals surface area contributed by atoms with E-state index in [-0.39, 0.29) is 18.5 Å². The molecule has 2 aromatic carbocycles. The molecule has 4 N–H and O–H groups in total. The van der Waals surface area contributed by atoms with Crippen LogP contribution in [0.5, 0.6) is 0 Å². The van der Waals surface area contributed by atoms with Crippen molar-refractivity contribution in [3.05, 3.63) is 66.0 Å². The van der Waals surface area contributed by atoms with Crippen LogP contribution in [0.2, 0.25) is 0 Å². The Hall–Kier alpha value is -3.93. The van der Waals surface area contributed by atoms with Crippen LogP contribution in [0.4, 0.5) is 10.2 Å². The third-order valence-electron chi connectivity index (χ3n) is 8.99. The molecule has 0 radical (unpaired) electrons. The van der Waals surface area contributed by atoms with Gasteiger partial charge in [-0.1, -0.05) is 24.3 Å². The number of piperazine rings is 1. The molecule has 42 heavy (non-hydrogen) atoms. The number of fused-ring (bicyclic) bond motifs is 2. The zero-order valence-electron chi connectivity index (χ0n) is 23.6. The number of hydrogen-bond acceptors (Lipinski definition) is 8. The molecule has 0 amide bonds. The number of imidazole rings is 1. The average molecular weight is 570 g/mol. The highest BCUT2D eigenvalue weighted by Crippen LogP contribution is 2.37. The number of nitrogen functional groups attached to an aromatic ring is 1. The van der Waals surface area contributed by atoms with E-state index in [0.717, 1.165) is 91.7 Å². The lowest BCUT2D eigenvalue weighted by Gasteiger charge is -2.41. The first kappa shape index (κ1) is 26.9. The van der Waals surface area contributed by atoms with Crippen LogP contribution >= 0.6 is 0 Å². The molecule has 1 saturated heterocycles. The van der Waals surface area contributed by atoms with Crippen molar-refractivity contribution in [3.63, 3.8) is 0 Å². The van der Waals surface area contributed by atoms with Gasteiger partial charge in [-0.25, -0.2) is 24.0 Å². The Morgan fingerprint density at radius 2 is 1.76 bits per heavy atom. The Labute approximate surface area is 243 Å². The van der Waals surface area contributed by atoms with Gasteiger partial charge in [-0.15, -0.1) is 0 Å². The van der Waals surface area contributed by atoms with Gasteiger partial charge in [0, 0.05) is 50.7 Å². The molecular weight excluding hydrogens is 533 g/mol. The maximum absolute atomic E-state index is 14.2. The average Bonchev–Trinajstić information content (AvgIpc) is 3.61. The SMILES string of the molecule is Nc1ncnc2c1c(-c1ccc3[nH]c(Cc4ccccc4F)nc3c1)nn2[C@H]1CC[C@@H](N2CCN(CCO)CC2)CC1. The fraction of sp³-hybridized carbons (Fsp3) is 0.419. The highest BCUT2D eigenvalue weighted by molar-refractivity contribution is 5.99. The lowest BCUT2D eigenvalue weighted by atomic mass is 9.90. The number of anilines is 1. The quantitative estimate of drug-likeness (QED) is 0.271. The molecule has 0 atom stereocenters. The maximum atomic E-state index is 14.2. The van der Waals surface area contributed by atoms with Crippen LogP contribution in [-0.4, -0.2) is 90.0 Å². The molecule has 0 spiro atoms. The first-order valence-electron chi connectivity index (χ1n) is 14.9. The number of hydrogen-bond donors (Lipinski definition) is 3.